The average Bonchev–Trinajstić information content (AvgIpc) is 2.77. The Labute approximate surface area is 100 Å². The number of rotatable bonds is 3. The van der Waals surface area contributed by atoms with Crippen molar-refractivity contribution in [2.75, 3.05) is 18.0 Å². The van der Waals surface area contributed by atoms with Gasteiger partial charge in [-0.3, -0.25) is 0 Å². The van der Waals surface area contributed by atoms with Crippen molar-refractivity contribution in [3.63, 3.8) is 0 Å². The lowest BCUT2D eigenvalue weighted by Crippen LogP contribution is -2.39. The second kappa shape index (κ2) is 5.10. The normalized spacial score (nSPS) is 23.4. The lowest BCUT2D eigenvalue weighted by molar-refractivity contribution is 0.115. The van der Waals surface area contributed by atoms with Crippen LogP contribution >= 0.6 is 11.5 Å². The Balaban J connectivity index is 2.03. The highest BCUT2D eigenvalue weighted by atomic mass is 32.1. The zero-order valence-corrected chi connectivity index (χ0v) is 10.7. The molecule has 0 saturated carbocycles. The first-order valence-electron chi connectivity index (χ1n) is 5.96. The molecule has 2 heterocycles. The summed E-state index contributed by atoms with van der Waals surface area (Å²) in [5.74, 6) is 1.31. The van der Waals surface area contributed by atoms with E-state index in [1.807, 2.05) is 6.92 Å². The molecule has 5 heteroatoms. The van der Waals surface area contributed by atoms with Gasteiger partial charge in [-0.15, -0.1) is 0 Å². The first kappa shape index (κ1) is 11.8. The average molecular weight is 241 g/mol. The minimum Gasteiger partial charge on any atom is -0.393 e. The molecule has 0 radical (unpaired) electrons. The van der Waals surface area contributed by atoms with Crippen molar-refractivity contribution in [3.8, 4) is 0 Å². The summed E-state index contributed by atoms with van der Waals surface area (Å²) in [7, 11) is 0. The van der Waals surface area contributed by atoms with Gasteiger partial charge in [-0.25, -0.2) is 4.98 Å². The van der Waals surface area contributed by atoms with E-state index in [1.54, 1.807) is 0 Å². The SMILES string of the molecule is CCc1nsc(N2CCCC(C(C)O)C2)n1. The molecule has 4 nitrogen and oxygen atoms in total. The monoisotopic (exact) mass is 241 g/mol. The van der Waals surface area contributed by atoms with Crippen LogP contribution in [0.4, 0.5) is 5.13 Å². The molecular weight excluding hydrogens is 222 g/mol. The summed E-state index contributed by atoms with van der Waals surface area (Å²) in [5, 5.41) is 10.6. The van der Waals surface area contributed by atoms with Crippen molar-refractivity contribution < 1.29 is 5.11 Å². The number of nitrogens with zero attached hydrogens (tertiary/aromatic N) is 3. The standard InChI is InChI=1S/C11H19N3OS/c1-3-10-12-11(16-13-10)14-6-4-5-9(7-14)8(2)15/h8-9,15H,3-7H2,1-2H3. The van der Waals surface area contributed by atoms with Crippen molar-refractivity contribution in [2.24, 2.45) is 5.92 Å². The highest BCUT2D eigenvalue weighted by Crippen LogP contribution is 2.26. The number of aryl methyl sites for hydroxylation is 1. The molecule has 1 fully saturated rings. The lowest BCUT2D eigenvalue weighted by atomic mass is 9.94. The molecule has 2 rings (SSSR count). The van der Waals surface area contributed by atoms with Crippen molar-refractivity contribution in [3.05, 3.63) is 5.82 Å². The Bertz CT molecular complexity index is 340. The second-order valence-electron chi connectivity index (χ2n) is 4.44. The summed E-state index contributed by atoms with van der Waals surface area (Å²) < 4.78 is 4.31. The second-order valence-corrected chi connectivity index (χ2v) is 5.17. The van der Waals surface area contributed by atoms with E-state index in [2.05, 4.69) is 21.2 Å². The number of aliphatic hydroxyl groups is 1. The van der Waals surface area contributed by atoms with Crippen LogP contribution in [0.5, 0.6) is 0 Å². The Morgan fingerprint density at radius 3 is 3.06 bits per heavy atom. The molecular formula is C11H19N3OS. The molecule has 1 aliphatic heterocycles. The van der Waals surface area contributed by atoms with Gasteiger partial charge in [0.25, 0.3) is 0 Å². The maximum absolute atomic E-state index is 9.63. The summed E-state index contributed by atoms with van der Waals surface area (Å²) in [6, 6.07) is 0. The lowest BCUT2D eigenvalue weighted by Gasteiger charge is -2.33. The van der Waals surface area contributed by atoms with E-state index in [4.69, 9.17) is 0 Å². The van der Waals surface area contributed by atoms with Crippen molar-refractivity contribution in [1.82, 2.24) is 9.36 Å². The summed E-state index contributed by atoms with van der Waals surface area (Å²) in [5.41, 5.74) is 0. The summed E-state index contributed by atoms with van der Waals surface area (Å²) in [6.07, 6.45) is 2.93. The fourth-order valence-corrected chi connectivity index (χ4v) is 2.88. The van der Waals surface area contributed by atoms with Crippen molar-refractivity contribution in [2.45, 2.75) is 39.2 Å². The minimum absolute atomic E-state index is 0.221. The van der Waals surface area contributed by atoms with Crippen molar-refractivity contribution >= 4 is 16.7 Å². The molecule has 1 aliphatic rings. The van der Waals surface area contributed by atoms with Gasteiger partial charge in [0.05, 0.1) is 6.10 Å². The Hall–Kier alpha value is -0.680. The molecule has 0 aromatic carbocycles. The molecule has 1 N–H and O–H groups in total. The van der Waals surface area contributed by atoms with Crippen LogP contribution in [0, 0.1) is 5.92 Å². The predicted octanol–water partition coefficient (Wildman–Crippen LogP) is 1.70. The number of anilines is 1. The van der Waals surface area contributed by atoms with Gasteiger partial charge in [0.1, 0.15) is 5.82 Å². The molecule has 1 aromatic heterocycles. The van der Waals surface area contributed by atoms with E-state index in [0.29, 0.717) is 5.92 Å². The number of aromatic nitrogens is 2. The van der Waals surface area contributed by atoms with Gasteiger partial charge in [0.2, 0.25) is 5.13 Å². The number of piperidine rings is 1. The fraction of sp³-hybridized carbons (Fsp3) is 0.818. The smallest absolute Gasteiger partial charge is 0.205 e. The zero-order valence-electron chi connectivity index (χ0n) is 9.89. The van der Waals surface area contributed by atoms with Gasteiger partial charge in [0.15, 0.2) is 0 Å². The van der Waals surface area contributed by atoms with Gasteiger partial charge in [-0.05, 0) is 19.8 Å². The maximum atomic E-state index is 9.63. The van der Waals surface area contributed by atoms with Gasteiger partial charge in [0, 0.05) is 37.0 Å². The molecule has 0 bridgehead atoms. The number of hydrogen-bond donors (Lipinski definition) is 1. The Morgan fingerprint density at radius 2 is 2.44 bits per heavy atom. The van der Waals surface area contributed by atoms with E-state index >= 15 is 0 Å². The molecule has 2 atom stereocenters. The first-order valence-corrected chi connectivity index (χ1v) is 6.73. The topological polar surface area (TPSA) is 49.2 Å². The van der Waals surface area contributed by atoms with Crippen LogP contribution in [0.1, 0.15) is 32.5 Å². The third kappa shape index (κ3) is 2.52. The summed E-state index contributed by atoms with van der Waals surface area (Å²) >= 11 is 1.48. The minimum atomic E-state index is -0.221. The van der Waals surface area contributed by atoms with Gasteiger partial charge in [-0.2, -0.15) is 4.37 Å². The third-order valence-electron chi connectivity index (χ3n) is 3.18. The van der Waals surface area contributed by atoms with Crippen LogP contribution in [0.2, 0.25) is 0 Å². The van der Waals surface area contributed by atoms with Crippen LogP contribution < -0.4 is 4.90 Å². The van der Waals surface area contributed by atoms with Crippen molar-refractivity contribution in [1.29, 1.82) is 0 Å². The number of aliphatic hydroxyl groups excluding tert-OH is 1. The van der Waals surface area contributed by atoms with Crippen LogP contribution in [-0.4, -0.2) is 33.7 Å². The van der Waals surface area contributed by atoms with E-state index in [9.17, 15) is 5.11 Å². The van der Waals surface area contributed by atoms with E-state index < -0.39 is 0 Å². The molecule has 90 valence electrons. The number of hydrogen-bond acceptors (Lipinski definition) is 5. The third-order valence-corrected chi connectivity index (χ3v) is 4.00. The molecule has 0 amide bonds. The first-order chi connectivity index (χ1) is 7.70. The van der Waals surface area contributed by atoms with Gasteiger partial charge < -0.3 is 10.0 Å². The molecule has 1 aromatic rings. The summed E-state index contributed by atoms with van der Waals surface area (Å²) in [4.78, 5) is 6.76. The molecule has 0 spiro atoms. The highest BCUT2D eigenvalue weighted by molar-refractivity contribution is 7.09. The van der Waals surface area contributed by atoms with Crippen LogP contribution in [0.15, 0.2) is 0 Å². The summed E-state index contributed by atoms with van der Waals surface area (Å²) in [6.45, 7) is 5.91. The van der Waals surface area contributed by atoms with Gasteiger partial charge in [-0.1, -0.05) is 6.92 Å². The maximum Gasteiger partial charge on any atom is 0.205 e. The highest BCUT2D eigenvalue weighted by Gasteiger charge is 2.25. The van der Waals surface area contributed by atoms with Crippen LogP contribution in [-0.2, 0) is 6.42 Å². The predicted molar refractivity (Wildman–Crippen MR) is 65.9 cm³/mol. The van der Waals surface area contributed by atoms with Crippen LogP contribution in [0.25, 0.3) is 0 Å². The molecule has 2 unspecified atom stereocenters. The Morgan fingerprint density at radius 1 is 1.62 bits per heavy atom. The van der Waals surface area contributed by atoms with Crippen LogP contribution in [0.3, 0.4) is 0 Å². The fourth-order valence-electron chi connectivity index (χ4n) is 2.09. The largest absolute Gasteiger partial charge is 0.393 e. The van der Waals surface area contributed by atoms with Gasteiger partial charge >= 0.3 is 0 Å². The van der Waals surface area contributed by atoms with E-state index in [-0.39, 0.29) is 6.10 Å². The Kier molecular flexibility index (Phi) is 3.76. The molecule has 1 saturated heterocycles. The molecule has 0 aliphatic carbocycles. The van der Waals surface area contributed by atoms with E-state index in [0.717, 1.165) is 43.3 Å². The van der Waals surface area contributed by atoms with E-state index in [1.165, 1.54) is 11.5 Å². The quantitative estimate of drug-likeness (QED) is 0.875. The zero-order chi connectivity index (χ0) is 11.5. The molecule has 16 heavy (non-hydrogen) atoms.